The number of methoxy groups -OCH3 is 2. The first kappa shape index (κ1) is 11.2. The van der Waals surface area contributed by atoms with Gasteiger partial charge in [0.25, 0.3) is 0 Å². The zero-order chi connectivity index (χ0) is 11.4. The fourth-order valence-electron chi connectivity index (χ4n) is 1.19. The number of esters is 2. The third-order valence-electron chi connectivity index (χ3n) is 1.99. The molecule has 79 valence electrons. The molecule has 0 aliphatic heterocycles. The molecule has 1 rings (SSSR count). The standard InChI is InChI=1S/C11H11O4/c1-7-8(10(12)14-2)5-4-6-9(7)11(13)15-3/h4-6H,1H2,2-3H3. The second-order valence-electron chi connectivity index (χ2n) is 2.81. The maximum atomic E-state index is 11.3. The van der Waals surface area contributed by atoms with Crippen LogP contribution in [0.2, 0.25) is 0 Å². The molecule has 4 heteroatoms. The van der Waals surface area contributed by atoms with Crippen LogP contribution in [0.4, 0.5) is 0 Å². The van der Waals surface area contributed by atoms with Crippen molar-refractivity contribution in [1.82, 2.24) is 0 Å². The Kier molecular flexibility index (Phi) is 3.44. The summed E-state index contributed by atoms with van der Waals surface area (Å²) in [4.78, 5) is 22.6. The number of hydrogen-bond donors (Lipinski definition) is 0. The van der Waals surface area contributed by atoms with Gasteiger partial charge in [-0.2, -0.15) is 0 Å². The normalized spacial score (nSPS) is 9.53. The first-order chi connectivity index (χ1) is 7.11. The van der Waals surface area contributed by atoms with E-state index in [0.717, 1.165) is 0 Å². The number of carbonyl (C=O) groups is 2. The lowest BCUT2D eigenvalue weighted by Crippen LogP contribution is -2.10. The number of rotatable bonds is 2. The van der Waals surface area contributed by atoms with Crippen molar-refractivity contribution in [1.29, 1.82) is 0 Å². The molecule has 0 N–H and O–H groups in total. The summed E-state index contributed by atoms with van der Waals surface area (Å²) in [6.45, 7) is 3.66. The summed E-state index contributed by atoms with van der Waals surface area (Å²) in [5, 5.41) is 0. The molecule has 0 heterocycles. The highest BCUT2D eigenvalue weighted by Crippen LogP contribution is 2.15. The first-order valence-electron chi connectivity index (χ1n) is 4.23. The molecule has 0 atom stereocenters. The number of carbonyl (C=O) groups excluding carboxylic acids is 2. The van der Waals surface area contributed by atoms with Crippen molar-refractivity contribution >= 4 is 11.9 Å². The van der Waals surface area contributed by atoms with Crippen molar-refractivity contribution in [2.24, 2.45) is 0 Å². The van der Waals surface area contributed by atoms with E-state index in [-0.39, 0.29) is 11.1 Å². The molecule has 0 spiro atoms. The zero-order valence-corrected chi connectivity index (χ0v) is 8.57. The van der Waals surface area contributed by atoms with E-state index in [1.165, 1.54) is 14.2 Å². The molecule has 0 amide bonds. The summed E-state index contributed by atoms with van der Waals surface area (Å²) >= 11 is 0. The molecule has 1 aromatic carbocycles. The predicted octanol–water partition coefficient (Wildman–Crippen LogP) is 1.44. The molecular weight excluding hydrogens is 196 g/mol. The molecule has 0 saturated carbocycles. The Morgan fingerprint density at radius 1 is 1.07 bits per heavy atom. The smallest absolute Gasteiger partial charge is 0.338 e. The van der Waals surface area contributed by atoms with Gasteiger partial charge >= 0.3 is 11.9 Å². The van der Waals surface area contributed by atoms with Crippen LogP contribution < -0.4 is 0 Å². The Labute approximate surface area is 87.8 Å². The van der Waals surface area contributed by atoms with Gasteiger partial charge < -0.3 is 9.47 Å². The van der Waals surface area contributed by atoms with Crippen molar-refractivity contribution in [2.75, 3.05) is 14.2 Å². The van der Waals surface area contributed by atoms with E-state index < -0.39 is 11.9 Å². The van der Waals surface area contributed by atoms with E-state index in [9.17, 15) is 9.59 Å². The number of ether oxygens (including phenoxy) is 2. The van der Waals surface area contributed by atoms with Crippen LogP contribution in [0.1, 0.15) is 26.3 Å². The van der Waals surface area contributed by atoms with Gasteiger partial charge in [0.15, 0.2) is 0 Å². The Morgan fingerprint density at radius 2 is 1.47 bits per heavy atom. The van der Waals surface area contributed by atoms with Gasteiger partial charge in [0.05, 0.1) is 25.3 Å². The van der Waals surface area contributed by atoms with Crippen LogP contribution in [-0.2, 0) is 9.47 Å². The lowest BCUT2D eigenvalue weighted by Gasteiger charge is -2.07. The Balaban J connectivity index is 3.23. The topological polar surface area (TPSA) is 52.6 Å². The Morgan fingerprint density at radius 3 is 1.80 bits per heavy atom. The van der Waals surface area contributed by atoms with Crippen molar-refractivity contribution in [2.45, 2.75) is 0 Å². The summed E-state index contributed by atoms with van der Waals surface area (Å²) < 4.78 is 9.11. The quantitative estimate of drug-likeness (QED) is 0.688. The second-order valence-corrected chi connectivity index (χ2v) is 2.81. The molecule has 0 fully saturated rings. The van der Waals surface area contributed by atoms with Crippen molar-refractivity contribution in [3.05, 3.63) is 41.8 Å². The molecule has 0 unspecified atom stereocenters. The molecular formula is C11H11O4. The highest BCUT2D eigenvalue weighted by atomic mass is 16.5. The van der Waals surface area contributed by atoms with E-state index in [4.69, 9.17) is 0 Å². The average molecular weight is 207 g/mol. The minimum Gasteiger partial charge on any atom is -0.465 e. The fourth-order valence-corrected chi connectivity index (χ4v) is 1.19. The molecule has 1 radical (unpaired) electrons. The highest BCUT2D eigenvalue weighted by Gasteiger charge is 2.16. The van der Waals surface area contributed by atoms with E-state index in [2.05, 4.69) is 16.4 Å². The Bertz CT molecular complexity index is 361. The van der Waals surface area contributed by atoms with Gasteiger partial charge in [-0.15, -0.1) is 0 Å². The average Bonchev–Trinajstić information content (AvgIpc) is 2.27. The summed E-state index contributed by atoms with van der Waals surface area (Å²) in [6.07, 6.45) is 0. The van der Waals surface area contributed by atoms with Crippen molar-refractivity contribution < 1.29 is 19.1 Å². The van der Waals surface area contributed by atoms with Gasteiger partial charge in [0, 0.05) is 0 Å². The van der Waals surface area contributed by atoms with Crippen LogP contribution >= 0.6 is 0 Å². The SMILES string of the molecule is [CH2]c1c(C(=O)OC)cccc1C(=O)OC. The lowest BCUT2D eigenvalue weighted by molar-refractivity contribution is 0.0598. The van der Waals surface area contributed by atoms with E-state index in [1.807, 2.05) is 0 Å². The molecule has 0 saturated heterocycles. The summed E-state index contributed by atoms with van der Waals surface area (Å²) in [5.74, 6) is -1.04. The lowest BCUT2D eigenvalue weighted by atomic mass is 10.0. The van der Waals surface area contributed by atoms with Crippen LogP contribution in [0.5, 0.6) is 0 Å². The first-order valence-corrected chi connectivity index (χ1v) is 4.23. The third-order valence-corrected chi connectivity index (χ3v) is 1.99. The molecule has 1 aromatic rings. The van der Waals surface area contributed by atoms with Gasteiger partial charge in [-0.05, 0) is 24.6 Å². The van der Waals surface area contributed by atoms with Crippen LogP contribution in [-0.4, -0.2) is 26.2 Å². The number of benzene rings is 1. The molecule has 0 bridgehead atoms. The van der Waals surface area contributed by atoms with Gasteiger partial charge in [-0.1, -0.05) is 6.07 Å². The van der Waals surface area contributed by atoms with Crippen LogP contribution in [0.25, 0.3) is 0 Å². The van der Waals surface area contributed by atoms with Gasteiger partial charge in [-0.3, -0.25) is 0 Å². The van der Waals surface area contributed by atoms with Crippen molar-refractivity contribution in [3.8, 4) is 0 Å². The van der Waals surface area contributed by atoms with Crippen LogP contribution in [0, 0.1) is 6.92 Å². The molecule has 15 heavy (non-hydrogen) atoms. The largest absolute Gasteiger partial charge is 0.465 e. The zero-order valence-electron chi connectivity index (χ0n) is 8.57. The molecule has 0 aliphatic rings. The Hall–Kier alpha value is -1.84. The maximum absolute atomic E-state index is 11.3. The maximum Gasteiger partial charge on any atom is 0.338 e. The molecule has 0 aromatic heterocycles. The highest BCUT2D eigenvalue weighted by molar-refractivity contribution is 5.98. The number of hydrogen-bond acceptors (Lipinski definition) is 4. The minimum absolute atomic E-state index is 0.264. The van der Waals surface area contributed by atoms with Gasteiger partial charge in [-0.25, -0.2) is 9.59 Å². The van der Waals surface area contributed by atoms with Crippen LogP contribution in [0.15, 0.2) is 18.2 Å². The monoisotopic (exact) mass is 207 g/mol. The second kappa shape index (κ2) is 4.59. The predicted molar refractivity (Wildman–Crippen MR) is 53.6 cm³/mol. The summed E-state index contributed by atoms with van der Waals surface area (Å²) in [5.41, 5.74) is 0.844. The third kappa shape index (κ3) is 2.15. The minimum atomic E-state index is -0.522. The summed E-state index contributed by atoms with van der Waals surface area (Å²) in [6, 6.07) is 4.66. The van der Waals surface area contributed by atoms with Crippen molar-refractivity contribution in [3.63, 3.8) is 0 Å². The molecule has 0 aliphatic carbocycles. The van der Waals surface area contributed by atoms with E-state index in [1.54, 1.807) is 18.2 Å². The van der Waals surface area contributed by atoms with Gasteiger partial charge in [0.2, 0.25) is 0 Å². The molecule has 4 nitrogen and oxygen atoms in total. The van der Waals surface area contributed by atoms with E-state index >= 15 is 0 Å². The van der Waals surface area contributed by atoms with Crippen LogP contribution in [0.3, 0.4) is 0 Å². The van der Waals surface area contributed by atoms with Gasteiger partial charge in [0.1, 0.15) is 0 Å². The van der Waals surface area contributed by atoms with E-state index in [0.29, 0.717) is 5.56 Å². The fraction of sp³-hybridized carbons (Fsp3) is 0.182. The summed E-state index contributed by atoms with van der Waals surface area (Å²) in [7, 11) is 2.54.